The van der Waals surface area contributed by atoms with Gasteiger partial charge in [0.25, 0.3) is 0 Å². The molecule has 0 bridgehead atoms. The van der Waals surface area contributed by atoms with Gasteiger partial charge in [0.15, 0.2) is 5.69 Å². The smallest absolute Gasteiger partial charge is 0.476 e. The molecule has 152 valence electrons. The van der Waals surface area contributed by atoms with Crippen LogP contribution in [0.15, 0.2) is 18.2 Å². The van der Waals surface area contributed by atoms with E-state index in [1.165, 1.54) is 11.3 Å². The Bertz CT molecular complexity index is 864. The molecule has 11 heteroatoms. The van der Waals surface area contributed by atoms with Crippen molar-refractivity contribution in [3.05, 3.63) is 29.5 Å². The maximum atomic E-state index is 11.2. The van der Waals surface area contributed by atoms with Crippen LogP contribution in [0.1, 0.15) is 36.3 Å². The zero-order valence-corrected chi connectivity index (χ0v) is 15.1. The Morgan fingerprint density at radius 2 is 1.86 bits per heavy atom. The number of H-pyrrole nitrogens is 1. The van der Waals surface area contributed by atoms with Crippen LogP contribution >= 0.6 is 0 Å². The van der Waals surface area contributed by atoms with Crippen LogP contribution in [0.2, 0.25) is 0 Å². The van der Waals surface area contributed by atoms with E-state index >= 15 is 0 Å². The molecule has 1 aromatic heterocycles. The highest BCUT2D eigenvalue weighted by molar-refractivity contribution is 5.92. The summed E-state index contributed by atoms with van der Waals surface area (Å²) in [6.45, 7) is 5.43. The monoisotopic (exact) mass is 400 g/mol. The van der Waals surface area contributed by atoms with Crippen molar-refractivity contribution in [3.8, 4) is 11.3 Å². The highest BCUT2D eigenvalue weighted by Gasteiger charge is 2.38. The fraction of sp³-hybridized carbons (Fsp3) is 0.412. The largest absolute Gasteiger partial charge is 0.490 e. The van der Waals surface area contributed by atoms with Gasteiger partial charge in [-0.25, -0.2) is 9.59 Å². The third kappa shape index (κ3) is 4.78. The predicted octanol–water partition coefficient (Wildman–Crippen LogP) is 2.96. The molecular weight excluding hydrogens is 381 g/mol. The minimum absolute atomic E-state index is 0.0357. The summed E-state index contributed by atoms with van der Waals surface area (Å²) in [5.74, 6) is -3.83. The molecular formula is C17H19F3N4O4. The second-order valence-corrected chi connectivity index (χ2v) is 6.36. The van der Waals surface area contributed by atoms with Crippen molar-refractivity contribution >= 4 is 17.6 Å². The molecule has 28 heavy (non-hydrogen) atoms. The minimum atomic E-state index is -5.08. The van der Waals surface area contributed by atoms with Crippen LogP contribution in [0.25, 0.3) is 11.3 Å². The molecule has 2 aromatic rings. The van der Waals surface area contributed by atoms with Crippen molar-refractivity contribution in [2.75, 3.05) is 11.4 Å². The van der Waals surface area contributed by atoms with E-state index in [1.54, 1.807) is 0 Å². The molecule has 0 fully saturated rings. The van der Waals surface area contributed by atoms with Gasteiger partial charge in [-0.15, -0.1) is 5.10 Å². The fourth-order valence-corrected chi connectivity index (χ4v) is 2.89. The van der Waals surface area contributed by atoms with Gasteiger partial charge in [-0.2, -0.15) is 23.5 Å². The molecule has 0 atom stereocenters. The van der Waals surface area contributed by atoms with Crippen molar-refractivity contribution in [2.45, 2.75) is 38.9 Å². The number of halogens is 3. The Labute approximate surface area is 158 Å². The molecule has 3 rings (SSSR count). The third-order valence-electron chi connectivity index (χ3n) is 4.12. The Hall–Kier alpha value is -3.11. The first-order chi connectivity index (χ1) is 13.0. The number of fused-ring (bicyclic) bond motifs is 1. The lowest BCUT2D eigenvalue weighted by Gasteiger charge is -2.34. The van der Waals surface area contributed by atoms with E-state index in [9.17, 15) is 18.0 Å². The number of nitrogens with zero attached hydrogens (tertiary/aromatic N) is 3. The summed E-state index contributed by atoms with van der Waals surface area (Å²) in [6, 6.07) is 6.47. The van der Waals surface area contributed by atoms with Gasteiger partial charge >= 0.3 is 18.1 Å². The van der Waals surface area contributed by atoms with E-state index < -0.39 is 18.1 Å². The highest BCUT2D eigenvalue weighted by atomic mass is 19.4. The van der Waals surface area contributed by atoms with Gasteiger partial charge in [0.05, 0.1) is 0 Å². The lowest BCUT2D eigenvalue weighted by Crippen LogP contribution is -2.35. The zero-order valence-electron chi connectivity index (χ0n) is 15.1. The van der Waals surface area contributed by atoms with Gasteiger partial charge in [0.1, 0.15) is 5.69 Å². The molecule has 0 spiro atoms. The molecule has 0 saturated heterocycles. The molecule has 0 aliphatic carbocycles. The number of hydrogen-bond acceptors (Lipinski definition) is 5. The quantitative estimate of drug-likeness (QED) is 0.725. The lowest BCUT2D eigenvalue weighted by atomic mass is 9.96. The number of aromatic carboxylic acids is 1. The van der Waals surface area contributed by atoms with Crippen molar-refractivity contribution in [3.63, 3.8) is 0 Å². The van der Waals surface area contributed by atoms with E-state index in [4.69, 9.17) is 15.0 Å². The summed E-state index contributed by atoms with van der Waals surface area (Å²) >= 11 is 0. The van der Waals surface area contributed by atoms with Crippen molar-refractivity contribution in [1.29, 1.82) is 0 Å². The van der Waals surface area contributed by atoms with Gasteiger partial charge in [0.2, 0.25) is 0 Å². The summed E-state index contributed by atoms with van der Waals surface area (Å²) in [6.07, 6.45) is -2.97. The minimum Gasteiger partial charge on any atom is -0.476 e. The molecule has 3 N–H and O–H groups in total. The first-order valence-electron chi connectivity index (χ1n) is 8.36. The van der Waals surface area contributed by atoms with Crippen LogP contribution < -0.4 is 4.90 Å². The molecule has 8 nitrogen and oxygen atoms in total. The molecule has 1 aromatic carbocycles. The number of aryl methyl sites for hydroxylation is 1. The van der Waals surface area contributed by atoms with Crippen molar-refractivity contribution in [2.24, 2.45) is 0 Å². The lowest BCUT2D eigenvalue weighted by molar-refractivity contribution is -0.192. The molecule has 0 amide bonds. The maximum Gasteiger partial charge on any atom is 0.490 e. The number of carboxylic acids is 2. The average molecular weight is 400 g/mol. The van der Waals surface area contributed by atoms with Gasteiger partial charge in [0, 0.05) is 23.8 Å². The molecule has 1 aliphatic heterocycles. The number of benzene rings is 1. The summed E-state index contributed by atoms with van der Waals surface area (Å²) in [5, 5.41) is 26.3. The Kier molecular flexibility index (Phi) is 6.26. The number of aliphatic carboxylic acids is 1. The first-order valence-corrected chi connectivity index (χ1v) is 8.36. The third-order valence-corrected chi connectivity index (χ3v) is 4.12. The van der Waals surface area contributed by atoms with Crippen LogP contribution in [0.3, 0.4) is 0 Å². The normalized spacial score (nSPS) is 13.6. The molecule has 0 unspecified atom stereocenters. The van der Waals surface area contributed by atoms with Gasteiger partial charge in [-0.1, -0.05) is 6.07 Å². The van der Waals surface area contributed by atoms with Crippen molar-refractivity contribution in [1.82, 2.24) is 15.4 Å². The Balaban J connectivity index is 0.000000345. The first kappa shape index (κ1) is 21.2. The number of carbonyl (C=O) groups is 2. The summed E-state index contributed by atoms with van der Waals surface area (Å²) in [5.41, 5.74) is 3.64. The summed E-state index contributed by atoms with van der Waals surface area (Å²) in [7, 11) is 0. The second kappa shape index (κ2) is 8.28. The summed E-state index contributed by atoms with van der Waals surface area (Å²) in [4.78, 5) is 22.4. The Morgan fingerprint density at radius 3 is 2.39 bits per heavy atom. The van der Waals surface area contributed by atoms with Gasteiger partial charge in [-0.05, 0) is 44.4 Å². The molecule has 0 saturated carbocycles. The number of nitrogens with one attached hydrogen (secondary N) is 1. The summed E-state index contributed by atoms with van der Waals surface area (Å²) < 4.78 is 31.7. The van der Waals surface area contributed by atoms with E-state index in [-0.39, 0.29) is 5.69 Å². The standard InChI is InChI=1S/C15H18N4O2.C2HF3O2/c1-9(2)19-7-3-4-10-8-11(5-6-12(10)19)13-14(15(20)21)17-18-16-13;3-2(4,5)1(6)7/h5-6,8-9H,3-4,7H2,1-2H3,(H,20,21)(H,16,17,18);(H,6,7). The Morgan fingerprint density at radius 1 is 1.21 bits per heavy atom. The zero-order chi connectivity index (χ0) is 21.1. The number of hydrogen-bond donors (Lipinski definition) is 3. The molecule has 2 heterocycles. The maximum absolute atomic E-state index is 11.2. The number of anilines is 1. The number of aromatic nitrogens is 3. The average Bonchev–Trinajstić information content (AvgIpc) is 3.10. The molecule has 0 radical (unpaired) electrons. The van der Waals surface area contributed by atoms with Gasteiger partial charge in [-0.3, -0.25) is 0 Å². The predicted molar refractivity (Wildman–Crippen MR) is 93.3 cm³/mol. The van der Waals surface area contributed by atoms with E-state index in [2.05, 4.69) is 40.2 Å². The highest BCUT2D eigenvalue weighted by Crippen LogP contribution is 2.32. The number of alkyl halides is 3. The second-order valence-electron chi connectivity index (χ2n) is 6.36. The van der Waals surface area contributed by atoms with Crippen LogP contribution in [-0.2, 0) is 11.2 Å². The topological polar surface area (TPSA) is 119 Å². The van der Waals surface area contributed by atoms with E-state index in [1.807, 2.05) is 12.1 Å². The SMILES string of the molecule is CC(C)N1CCCc2cc(-c3n[nH]nc3C(=O)O)ccc21.O=C(O)C(F)(F)F. The fourth-order valence-electron chi connectivity index (χ4n) is 2.89. The molecule has 1 aliphatic rings. The number of rotatable bonds is 3. The van der Waals surface area contributed by atoms with E-state index in [0.29, 0.717) is 11.7 Å². The van der Waals surface area contributed by atoms with Crippen LogP contribution in [0, 0.1) is 0 Å². The van der Waals surface area contributed by atoms with Crippen LogP contribution in [-0.4, -0.2) is 56.3 Å². The van der Waals surface area contributed by atoms with Crippen LogP contribution in [0.5, 0.6) is 0 Å². The number of aromatic amines is 1. The van der Waals surface area contributed by atoms with Crippen molar-refractivity contribution < 1.29 is 33.0 Å². The number of carboxylic acid groups (broad SMARTS) is 2. The van der Waals surface area contributed by atoms with Gasteiger partial charge < -0.3 is 15.1 Å². The van der Waals surface area contributed by atoms with E-state index in [0.717, 1.165) is 24.9 Å². The van der Waals surface area contributed by atoms with Crippen LogP contribution in [0.4, 0.5) is 18.9 Å².